The molecule has 1 heterocycles. The minimum absolute atomic E-state index is 0.134. The number of hydrogen-bond acceptors (Lipinski definition) is 3. The lowest BCUT2D eigenvalue weighted by atomic mass is 10.3. The van der Waals surface area contributed by atoms with Crippen LogP contribution in [0.15, 0.2) is 41.3 Å². The second-order valence-electron chi connectivity index (χ2n) is 4.03. The Morgan fingerprint density at radius 1 is 1.53 bits per heavy atom. The van der Waals surface area contributed by atoms with E-state index in [1.807, 2.05) is 31.2 Å². The van der Waals surface area contributed by atoms with Gasteiger partial charge in [0.05, 0.1) is 23.5 Å². The zero-order chi connectivity index (χ0) is 13.7. The molecule has 6 heteroatoms. The number of rotatable bonds is 5. The maximum atomic E-state index is 11.7. The van der Waals surface area contributed by atoms with E-state index in [0.29, 0.717) is 12.2 Å². The van der Waals surface area contributed by atoms with Gasteiger partial charge in [0.2, 0.25) is 0 Å². The van der Waals surface area contributed by atoms with Crippen molar-refractivity contribution in [2.75, 3.05) is 6.54 Å². The van der Waals surface area contributed by atoms with Gasteiger partial charge in [-0.1, -0.05) is 12.1 Å². The zero-order valence-electron chi connectivity index (χ0n) is 10.4. The summed E-state index contributed by atoms with van der Waals surface area (Å²) in [5.41, 5.74) is 0.438. The number of halogens is 1. The topological polar surface area (TPSA) is 67.0 Å². The Morgan fingerprint density at radius 3 is 3.00 bits per heavy atom. The third-order valence-electron chi connectivity index (χ3n) is 2.46. The van der Waals surface area contributed by atoms with Gasteiger partial charge in [0.1, 0.15) is 17.5 Å². The highest BCUT2D eigenvalue weighted by Crippen LogP contribution is 2.24. The van der Waals surface area contributed by atoms with Crippen molar-refractivity contribution in [3.63, 3.8) is 0 Å². The van der Waals surface area contributed by atoms with Crippen LogP contribution in [0.3, 0.4) is 0 Å². The maximum absolute atomic E-state index is 11.7. The first-order valence-electron chi connectivity index (χ1n) is 5.84. The molecule has 0 saturated heterocycles. The van der Waals surface area contributed by atoms with E-state index in [1.54, 1.807) is 0 Å². The van der Waals surface area contributed by atoms with E-state index in [2.05, 4.69) is 31.2 Å². The Balaban J connectivity index is 1.84. The monoisotopic (exact) mass is 323 g/mol. The Labute approximate surface area is 119 Å². The molecule has 0 bridgehead atoms. The SMILES string of the molecule is C[C@@H](CNC(=O)c1cnc[nH]1)Oc1ccccc1Br. The zero-order valence-corrected chi connectivity index (χ0v) is 12.0. The van der Waals surface area contributed by atoms with Crippen molar-refractivity contribution < 1.29 is 9.53 Å². The highest BCUT2D eigenvalue weighted by atomic mass is 79.9. The number of imidazole rings is 1. The lowest BCUT2D eigenvalue weighted by Gasteiger charge is -2.16. The number of amides is 1. The van der Waals surface area contributed by atoms with Crippen molar-refractivity contribution in [1.82, 2.24) is 15.3 Å². The molecular weight excluding hydrogens is 310 g/mol. The lowest BCUT2D eigenvalue weighted by molar-refractivity contribution is 0.0927. The van der Waals surface area contributed by atoms with Gasteiger partial charge in [-0.2, -0.15) is 0 Å². The molecule has 0 aliphatic heterocycles. The standard InChI is InChI=1S/C13H14BrN3O2/c1-9(19-12-5-3-2-4-10(12)14)6-16-13(18)11-7-15-8-17-11/h2-5,7-9H,6H2,1H3,(H,15,17)(H,16,18)/t9-/m0/s1. The molecule has 19 heavy (non-hydrogen) atoms. The number of ether oxygens (including phenoxy) is 1. The van der Waals surface area contributed by atoms with Crippen LogP contribution in [0.4, 0.5) is 0 Å². The normalized spacial score (nSPS) is 11.9. The number of nitrogens with one attached hydrogen (secondary N) is 2. The molecule has 100 valence electrons. The fourth-order valence-corrected chi connectivity index (χ4v) is 1.89. The van der Waals surface area contributed by atoms with Crippen LogP contribution in [0.25, 0.3) is 0 Å². The summed E-state index contributed by atoms with van der Waals surface area (Å²) in [5, 5.41) is 2.77. The molecule has 1 aromatic carbocycles. The summed E-state index contributed by atoms with van der Waals surface area (Å²) in [6, 6.07) is 7.60. The van der Waals surface area contributed by atoms with Crippen molar-refractivity contribution >= 4 is 21.8 Å². The fourth-order valence-electron chi connectivity index (χ4n) is 1.51. The van der Waals surface area contributed by atoms with Crippen LogP contribution in [0, 0.1) is 0 Å². The molecule has 0 saturated carbocycles. The maximum Gasteiger partial charge on any atom is 0.269 e. The van der Waals surface area contributed by atoms with Crippen molar-refractivity contribution in [1.29, 1.82) is 0 Å². The summed E-state index contributed by atoms with van der Waals surface area (Å²) < 4.78 is 6.62. The Bertz CT molecular complexity index is 543. The van der Waals surface area contributed by atoms with E-state index in [0.717, 1.165) is 10.2 Å². The van der Waals surface area contributed by atoms with Crippen LogP contribution in [-0.4, -0.2) is 28.5 Å². The number of para-hydroxylation sites is 1. The number of nitrogens with zero attached hydrogens (tertiary/aromatic N) is 1. The van der Waals surface area contributed by atoms with Gasteiger partial charge < -0.3 is 15.0 Å². The van der Waals surface area contributed by atoms with Crippen molar-refractivity contribution in [3.8, 4) is 5.75 Å². The Morgan fingerprint density at radius 2 is 2.32 bits per heavy atom. The summed E-state index contributed by atoms with van der Waals surface area (Å²) in [7, 11) is 0. The molecule has 2 N–H and O–H groups in total. The summed E-state index contributed by atoms with van der Waals surface area (Å²) in [6.45, 7) is 2.31. The number of aromatic nitrogens is 2. The van der Waals surface area contributed by atoms with Crippen LogP contribution >= 0.6 is 15.9 Å². The van der Waals surface area contributed by atoms with E-state index in [9.17, 15) is 4.79 Å². The van der Waals surface area contributed by atoms with Gasteiger partial charge >= 0.3 is 0 Å². The Hall–Kier alpha value is -1.82. The molecule has 0 aliphatic carbocycles. The second-order valence-corrected chi connectivity index (χ2v) is 4.89. The molecule has 5 nitrogen and oxygen atoms in total. The summed E-state index contributed by atoms with van der Waals surface area (Å²) in [5.74, 6) is 0.561. The average Bonchev–Trinajstić information content (AvgIpc) is 2.93. The number of aromatic amines is 1. The van der Waals surface area contributed by atoms with E-state index >= 15 is 0 Å². The molecule has 0 unspecified atom stereocenters. The summed E-state index contributed by atoms with van der Waals surface area (Å²) in [6.07, 6.45) is 2.82. The molecule has 1 amide bonds. The van der Waals surface area contributed by atoms with Gasteiger partial charge in [-0.25, -0.2) is 4.98 Å². The molecule has 0 radical (unpaired) electrons. The summed E-state index contributed by atoms with van der Waals surface area (Å²) in [4.78, 5) is 18.2. The van der Waals surface area contributed by atoms with Crippen LogP contribution < -0.4 is 10.1 Å². The number of carbonyl (C=O) groups is 1. The first kappa shape index (κ1) is 13.6. The molecule has 2 aromatic rings. The van der Waals surface area contributed by atoms with Gasteiger partial charge in [0, 0.05) is 0 Å². The molecule has 1 atom stereocenters. The second kappa shape index (κ2) is 6.38. The van der Waals surface area contributed by atoms with Crippen molar-refractivity contribution in [2.45, 2.75) is 13.0 Å². The van der Waals surface area contributed by atoms with Crippen LogP contribution in [0.5, 0.6) is 5.75 Å². The highest BCUT2D eigenvalue weighted by Gasteiger charge is 2.10. The molecule has 0 fully saturated rings. The molecule has 1 aromatic heterocycles. The van der Waals surface area contributed by atoms with E-state index in [1.165, 1.54) is 12.5 Å². The number of hydrogen-bond donors (Lipinski definition) is 2. The highest BCUT2D eigenvalue weighted by molar-refractivity contribution is 9.10. The summed E-state index contributed by atoms with van der Waals surface area (Å²) >= 11 is 3.41. The predicted octanol–water partition coefficient (Wildman–Crippen LogP) is 2.37. The minimum Gasteiger partial charge on any atom is -0.488 e. The third kappa shape index (κ3) is 3.82. The molecule has 0 aliphatic rings. The van der Waals surface area contributed by atoms with Crippen LogP contribution in [0.1, 0.15) is 17.4 Å². The van der Waals surface area contributed by atoms with Crippen molar-refractivity contribution in [3.05, 3.63) is 47.0 Å². The lowest BCUT2D eigenvalue weighted by Crippen LogP contribution is -2.33. The molecule has 2 rings (SSSR count). The van der Waals surface area contributed by atoms with E-state index in [4.69, 9.17) is 4.74 Å². The third-order valence-corrected chi connectivity index (χ3v) is 3.11. The minimum atomic E-state index is -0.194. The van der Waals surface area contributed by atoms with Crippen molar-refractivity contribution in [2.24, 2.45) is 0 Å². The van der Waals surface area contributed by atoms with Gasteiger partial charge in [0.15, 0.2) is 0 Å². The van der Waals surface area contributed by atoms with Gasteiger partial charge in [-0.05, 0) is 35.0 Å². The fraction of sp³-hybridized carbons (Fsp3) is 0.231. The van der Waals surface area contributed by atoms with Gasteiger partial charge in [-0.3, -0.25) is 4.79 Å². The number of carbonyl (C=O) groups excluding carboxylic acids is 1. The Kier molecular flexibility index (Phi) is 4.57. The number of H-pyrrole nitrogens is 1. The molecule has 0 spiro atoms. The van der Waals surface area contributed by atoms with E-state index < -0.39 is 0 Å². The van der Waals surface area contributed by atoms with E-state index in [-0.39, 0.29) is 12.0 Å². The molecular formula is C13H14BrN3O2. The van der Waals surface area contributed by atoms with Crippen LogP contribution in [0.2, 0.25) is 0 Å². The average molecular weight is 324 g/mol. The predicted molar refractivity (Wildman–Crippen MR) is 75.2 cm³/mol. The van der Waals surface area contributed by atoms with Crippen LogP contribution in [-0.2, 0) is 0 Å². The largest absolute Gasteiger partial charge is 0.488 e. The van der Waals surface area contributed by atoms with Gasteiger partial charge in [-0.15, -0.1) is 0 Å². The smallest absolute Gasteiger partial charge is 0.269 e. The quantitative estimate of drug-likeness (QED) is 0.887. The first-order valence-corrected chi connectivity index (χ1v) is 6.64. The first-order chi connectivity index (χ1) is 9.16. The van der Waals surface area contributed by atoms with Gasteiger partial charge in [0.25, 0.3) is 5.91 Å². The number of benzene rings is 1.